The van der Waals surface area contributed by atoms with E-state index in [0.29, 0.717) is 22.5 Å². The normalized spacial score (nSPS) is 16.0. The summed E-state index contributed by atoms with van der Waals surface area (Å²) in [4.78, 5) is 14.5. The average molecular weight is 309 g/mol. The maximum absolute atomic E-state index is 14.2. The Morgan fingerprint density at radius 2 is 1.70 bits per heavy atom. The minimum absolute atomic E-state index is 0.275. The second kappa shape index (κ2) is 6.04. The molecule has 0 N–H and O–H groups in total. The average Bonchev–Trinajstić information content (AvgIpc) is 2.85. The van der Waals surface area contributed by atoms with Crippen molar-refractivity contribution in [2.24, 2.45) is 5.10 Å². The van der Waals surface area contributed by atoms with E-state index < -0.39 is 5.82 Å². The third kappa shape index (κ3) is 2.85. The monoisotopic (exact) mass is 309 g/mol. The number of benzene rings is 2. The van der Waals surface area contributed by atoms with Gasteiger partial charge in [-0.15, -0.1) is 0 Å². The van der Waals surface area contributed by atoms with Crippen LogP contribution in [0.4, 0.5) is 10.1 Å². The molecule has 1 heterocycles. The highest BCUT2D eigenvalue weighted by Gasteiger charge is 2.33. The lowest BCUT2D eigenvalue weighted by Crippen LogP contribution is -2.22. The fourth-order valence-corrected chi connectivity index (χ4v) is 2.39. The zero-order chi connectivity index (χ0) is 16.4. The van der Waals surface area contributed by atoms with Crippen molar-refractivity contribution in [3.63, 3.8) is 0 Å². The van der Waals surface area contributed by atoms with Gasteiger partial charge in [-0.3, -0.25) is 4.79 Å². The minimum atomic E-state index is -0.404. The number of amides is 1. The van der Waals surface area contributed by atoms with Crippen LogP contribution in [-0.4, -0.2) is 30.6 Å². The molecule has 2 aromatic carbocycles. The molecule has 2 aromatic rings. The molecule has 0 aromatic heterocycles. The van der Waals surface area contributed by atoms with Crippen molar-refractivity contribution in [2.45, 2.75) is 0 Å². The van der Waals surface area contributed by atoms with Crippen LogP contribution < -0.4 is 5.01 Å². The van der Waals surface area contributed by atoms with Gasteiger partial charge in [0.1, 0.15) is 11.5 Å². The Hall–Kier alpha value is -2.95. The number of hydrazone groups is 1. The molecule has 0 saturated carbocycles. The first-order chi connectivity index (χ1) is 11.1. The number of carbonyl (C=O) groups excluding carboxylic acids is 1. The van der Waals surface area contributed by atoms with Crippen molar-refractivity contribution in [1.29, 1.82) is 0 Å². The Morgan fingerprint density at radius 3 is 2.35 bits per heavy atom. The van der Waals surface area contributed by atoms with E-state index in [-0.39, 0.29) is 5.91 Å². The molecule has 116 valence electrons. The van der Waals surface area contributed by atoms with Crippen LogP contribution in [0.3, 0.4) is 0 Å². The summed E-state index contributed by atoms with van der Waals surface area (Å²) < 4.78 is 14.2. The molecule has 0 bridgehead atoms. The molecule has 3 rings (SSSR count). The fourth-order valence-electron chi connectivity index (χ4n) is 2.39. The molecule has 23 heavy (non-hydrogen) atoms. The zero-order valence-electron chi connectivity index (χ0n) is 12.9. The predicted molar refractivity (Wildman–Crippen MR) is 88.6 cm³/mol. The molecule has 1 aliphatic rings. The number of para-hydroxylation sites is 1. The van der Waals surface area contributed by atoms with Gasteiger partial charge in [0.05, 0.1) is 11.3 Å². The van der Waals surface area contributed by atoms with Crippen LogP contribution in [0.15, 0.2) is 71.5 Å². The van der Waals surface area contributed by atoms with E-state index in [0.717, 1.165) is 0 Å². The molecule has 0 aliphatic carbocycles. The molecule has 1 amide bonds. The number of anilines is 1. The second-order valence-corrected chi connectivity index (χ2v) is 5.39. The largest absolute Gasteiger partial charge is 0.383 e. The van der Waals surface area contributed by atoms with Gasteiger partial charge in [-0.05, 0) is 24.3 Å². The van der Waals surface area contributed by atoms with E-state index in [2.05, 4.69) is 5.10 Å². The number of nitrogens with zero attached hydrogens (tertiary/aromatic N) is 3. The fraction of sp³-hybridized carbons (Fsp3) is 0.111. The smallest absolute Gasteiger partial charge is 0.282 e. The first-order valence-corrected chi connectivity index (χ1v) is 7.19. The highest BCUT2D eigenvalue weighted by Crippen LogP contribution is 2.27. The summed E-state index contributed by atoms with van der Waals surface area (Å²) in [5.74, 6) is -0.679. The van der Waals surface area contributed by atoms with E-state index in [4.69, 9.17) is 0 Å². The minimum Gasteiger partial charge on any atom is -0.383 e. The molecular formula is C18H16FN3O. The summed E-state index contributed by atoms with van der Waals surface area (Å²) >= 11 is 0. The summed E-state index contributed by atoms with van der Waals surface area (Å²) in [7, 11) is 3.62. The van der Waals surface area contributed by atoms with E-state index >= 15 is 0 Å². The molecule has 0 unspecified atom stereocenters. The Morgan fingerprint density at radius 1 is 1.04 bits per heavy atom. The van der Waals surface area contributed by atoms with E-state index in [1.54, 1.807) is 41.4 Å². The Balaban J connectivity index is 2.13. The summed E-state index contributed by atoms with van der Waals surface area (Å²) in [6.07, 6.45) is 1.66. The number of halogens is 1. The van der Waals surface area contributed by atoms with E-state index in [1.165, 1.54) is 11.1 Å². The standard InChI is InChI=1S/C18H16FN3O/c1-21(2)12-15-17(14-10-6-7-11-16(14)19)20-22(18(15)23)13-8-4-3-5-9-13/h3-12H,1-2H3. The molecule has 0 atom stereocenters. The van der Waals surface area contributed by atoms with Crippen molar-refractivity contribution < 1.29 is 9.18 Å². The predicted octanol–water partition coefficient (Wildman–Crippen LogP) is 3.02. The molecule has 5 heteroatoms. The number of rotatable bonds is 3. The van der Waals surface area contributed by atoms with Crippen LogP contribution in [0.1, 0.15) is 5.56 Å². The van der Waals surface area contributed by atoms with Crippen molar-refractivity contribution >= 4 is 17.3 Å². The second-order valence-electron chi connectivity index (χ2n) is 5.39. The lowest BCUT2D eigenvalue weighted by Gasteiger charge is -2.11. The maximum atomic E-state index is 14.2. The van der Waals surface area contributed by atoms with Crippen LogP contribution in [0, 0.1) is 5.82 Å². The van der Waals surface area contributed by atoms with Crippen LogP contribution in [0.5, 0.6) is 0 Å². The van der Waals surface area contributed by atoms with Crippen molar-refractivity contribution in [1.82, 2.24) is 4.90 Å². The van der Waals surface area contributed by atoms with Gasteiger partial charge in [-0.25, -0.2) is 4.39 Å². The van der Waals surface area contributed by atoms with Crippen molar-refractivity contribution in [3.05, 3.63) is 77.8 Å². The highest BCUT2D eigenvalue weighted by atomic mass is 19.1. The highest BCUT2D eigenvalue weighted by molar-refractivity contribution is 6.35. The topological polar surface area (TPSA) is 35.9 Å². The number of carbonyl (C=O) groups is 1. The van der Waals surface area contributed by atoms with Gasteiger partial charge in [-0.1, -0.05) is 30.3 Å². The summed E-state index contributed by atoms with van der Waals surface area (Å²) in [6.45, 7) is 0. The maximum Gasteiger partial charge on any atom is 0.282 e. The molecular weight excluding hydrogens is 293 g/mol. The lowest BCUT2D eigenvalue weighted by atomic mass is 10.0. The van der Waals surface area contributed by atoms with Gasteiger partial charge >= 0.3 is 0 Å². The zero-order valence-corrected chi connectivity index (χ0v) is 12.9. The third-order valence-electron chi connectivity index (χ3n) is 3.39. The number of hydrogen-bond acceptors (Lipinski definition) is 3. The van der Waals surface area contributed by atoms with Crippen LogP contribution >= 0.6 is 0 Å². The van der Waals surface area contributed by atoms with Gasteiger partial charge in [0.15, 0.2) is 0 Å². The number of hydrogen-bond donors (Lipinski definition) is 0. The third-order valence-corrected chi connectivity index (χ3v) is 3.39. The van der Waals surface area contributed by atoms with Gasteiger partial charge in [-0.2, -0.15) is 10.1 Å². The first kappa shape index (κ1) is 15.0. The molecule has 0 radical (unpaired) electrons. The quantitative estimate of drug-likeness (QED) is 0.817. The summed E-state index contributed by atoms with van der Waals surface area (Å²) in [5, 5.41) is 5.67. The Kier molecular flexibility index (Phi) is 3.93. The Bertz CT molecular complexity index is 797. The van der Waals surface area contributed by atoms with Gasteiger partial charge in [0.25, 0.3) is 5.91 Å². The molecule has 0 spiro atoms. The van der Waals surface area contributed by atoms with Crippen molar-refractivity contribution in [2.75, 3.05) is 19.1 Å². The molecule has 0 saturated heterocycles. The van der Waals surface area contributed by atoms with Gasteiger partial charge < -0.3 is 4.90 Å². The molecule has 4 nitrogen and oxygen atoms in total. The SMILES string of the molecule is CN(C)C=C1C(=O)N(c2ccccc2)N=C1c1ccccc1F. The van der Waals surface area contributed by atoms with Gasteiger partial charge in [0.2, 0.25) is 0 Å². The summed E-state index contributed by atoms with van der Waals surface area (Å²) in [6, 6.07) is 15.4. The van der Waals surface area contributed by atoms with Gasteiger partial charge in [0, 0.05) is 25.9 Å². The molecule has 1 aliphatic heterocycles. The van der Waals surface area contributed by atoms with E-state index in [9.17, 15) is 9.18 Å². The molecule has 0 fully saturated rings. The Labute approximate surface area is 134 Å². The van der Waals surface area contributed by atoms with Crippen LogP contribution in [-0.2, 0) is 4.79 Å². The lowest BCUT2D eigenvalue weighted by molar-refractivity contribution is -0.114. The van der Waals surface area contributed by atoms with E-state index in [1.807, 2.05) is 32.3 Å². The van der Waals surface area contributed by atoms with Crippen LogP contribution in [0.2, 0.25) is 0 Å². The van der Waals surface area contributed by atoms with Crippen LogP contribution in [0.25, 0.3) is 0 Å². The van der Waals surface area contributed by atoms with Crippen molar-refractivity contribution in [3.8, 4) is 0 Å². The first-order valence-electron chi connectivity index (χ1n) is 7.19. The summed E-state index contributed by atoms with van der Waals surface area (Å²) in [5.41, 5.74) is 1.66.